The van der Waals surface area contributed by atoms with Crippen LogP contribution < -0.4 is 10.0 Å². The monoisotopic (exact) mass is 358 g/mol. The summed E-state index contributed by atoms with van der Waals surface area (Å²) in [6.07, 6.45) is 3.54. The Balaban J connectivity index is 1.92. The molecule has 0 aliphatic carbocycles. The molecule has 122 valence electrons. The van der Waals surface area contributed by atoms with E-state index in [9.17, 15) is 9.90 Å². The van der Waals surface area contributed by atoms with E-state index in [-0.39, 0.29) is 5.56 Å². The zero-order valence-corrected chi connectivity index (χ0v) is 14.8. The minimum absolute atomic E-state index is 0.173. The fourth-order valence-electron chi connectivity index (χ4n) is 2.04. The average molecular weight is 358 g/mol. The van der Waals surface area contributed by atoms with Crippen LogP contribution >= 0.6 is 21.0 Å². The van der Waals surface area contributed by atoms with Gasteiger partial charge in [0.05, 0.1) is 5.56 Å². The molecule has 0 aliphatic heterocycles. The quantitative estimate of drug-likeness (QED) is 0.707. The second kappa shape index (κ2) is 7.07. The predicted octanol–water partition coefficient (Wildman–Crippen LogP) is 3.56. The van der Waals surface area contributed by atoms with Gasteiger partial charge in [0.2, 0.25) is 0 Å². The van der Waals surface area contributed by atoms with E-state index < -0.39 is 5.97 Å². The van der Waals surface area contributed by atoms with E-state index in [2.05, 4.69) is 14.2 Å². The zero-order valence-electron chi connectivity index (χ0n) is 12.8. The van der Waals surface area contributed by atoms with Crippen molar-refractivity contribution in [1.29, 1.82) is 0 Å². The summed E-state index contributed by atoms with van der Waals surface area (Å²) < 4.78 is 7.67. The largest absolute Gasteiger partial charge is 0.478 e. The summed E-state index contributed by atoms with van der Waals surface area (Å²) in [4.78, 5) is 16.4. The first kappa shape index (κ1) is 16.6. The average Bonchev–Trinajstić information content (AvgIpc) is 2.94. The molecule has 2 aromatic carbocycles. The Labute approximate surface area is 145 Å². The van der Waals surface area contributed by atoms with Gasteiger partial charge < -0.3 is 14.4 Å². The van der Waals surface area contributed by atoms with Crippen LogP contribution in [0.25, 0.3) is 0 Å². The Kier molecular flexibility index (Phi) is 4.88. The standard InChI is InChI=1S/C17H15N2O3PS/c1-19-7-6-18-17(19)24-15-9-11(16(20)21)8-13(10-15)22-12-2-4-14(23)5-3-12/h2-10H,23H2,1H3,(H,20,21). The van der Waals surface area contributed by atoms with Crippen LogP contribution in [0.1, 0.15) is 10.4 Å². The zero-order chi connectivity index (χ0) is 17.1. The number of nitrogens with zero attached hydrogens (tertiary/aromatic N) is 2. The van der Waals surface area contributed by atoms with E-state index in [1.165, 1.54) is 17.8 Å². The molecule has 0 fully saturated rings. The van der Waals surface area contributed by atoms with E-state index in [1.54, 1.807) is 18.3 Å². The van der Waals surface area contributed by atoms with Gasteiger partial charge in [-0.05, 0) is 35.6 Å². The lowest BCUT2D eigenvalue weighted by atomic mass is 10.2. The number of carbonyl (C=O) groups is 1. The number of hydrogen-bond acceptors (Lipinski definition) is 4. The molecule has 0 saturated heterocycles. The van der Waals surface area contributed by atoms with E-state index in [0.29, 0.717) is 11.5 Å². The molecule has 1 N–H and O–H groups in total. The molecular formula is C17H15N2O3PS. The van der Waals surface area contributed by atoms with Crippen molar-refractivity contribution >= 4 is 32.3 Å². The summed E-state index contributed by atoms with van der Waals surface area (Å²) in [5.41, 5.74) is 0.173. The molecule has 3 aromatic rings. The van der Waals surface area contributed by atoms with Gasteiger partial charge >= 0.3 is 5.97 Å². The van der Waals surface area contributed by atoms with Gasteiger partial charge in [-0.15, -0.1) is 9.24 Å². The summed E-state index contributed by atoms with van der Waals surface area (Å²) >= 11 is 1.38. The number of carboxylic acids is 1. The minimum atomic E-state index is -0.998. The van der Waals surface area contributed by atoms with Crippen molar-refractivity contribution in [2.24, 2.45) is 7.05 Å². The van der Waals surface area contributed by atoms with Gasteiger partial charge in [0.25, 0.3) is 0 Å². The summed E-state index contributed by atoms with van der Waals surface area (Å²) in [7, 11) is 4.49. The highest BCUT2D eigenvalue weighted by molar-refractivity contribution is 7.99. The Morgan fingerprint density at radius 1 is 1.21 bits per heavy atom. The maximum atomic E-state index is 11.4. The van der Waals surface area contributed by atoms with E-state index in [0.717, 1.165) is 15.4 Å². The third kappa shape index (κ3) is 3.96. The van der Waals surface area contributed by atoms with Gasteiger partial charge in [-0.25, -0.2) is 9.78 Å². The summed E-state index contributed by atoms with van der Waals surface area (Å²) in [5.74, 6) is 0.127. The van der Waals surface area contributed by atoms with E-state index >= 15 is 0 Å². The second-order valence-electron chi connectivity index (χ2n) is 5.09. The van der Waals surface area contributed by atoms with E-state index in [4.69, 9.17) is 4.74 Å². The molecule has 0 aliphatic rings. The molecule has 0 radical (unpaired) electrons. The number of hydrogen-bond donors (Lipinski definition) is 1. The summed E-state index contributed by atoms with van der Waals surface area (Å²) in [6.45, 7) is 0. The molecule has 0 amide bonds. The Morgan fingerprint density at radius 3 is 2.58 bits per heavy atom. The Morgan fingerprint density at radius 2 is 1.96 bits per heavy atom. The van der Waals surface area contributed by atoms with Crippen molar-refractivity contribution in [3.05, 3.63) is 60.4 Å². The first-order chi connectivity index (χ1) is 11.5. The van der Waals surface area contributed by atoms with Gasteiger partial charge in [0.1, 0.15) is 11.5 Å². The molecule has 7 heteroatoms. The number of aryl methyl sites for hydroxylation is 1. The highest BCUT2D eigenvalue weighted by Gasteiger charge is 2.11. The van der Waals surface area contributed by atoms with E-state index in [1.807, 2.05) is 42.1 Å². The first-order valence-corrected chi connectivity index (χ1v) is 8.47. The maximum absolute atomic E-state index is 11.4. The molecule has 0 spiro atoms. The molecule has 0 saturated carbocycles. The SMILES string of the molecule is Cn1ccnc1Sc1cc(Oc2ccc(P)cc2)cc(C(=O)O)c1. The highest BCUT2D eigenvalue weighted by atomic mass is 32.2. The van der Waals surface area contributed by atoms with Crippen molar-refractivity contribution in [2.75, 3.05) is 0 Å². The fraction of sp³-hybridized carbons (Fsp3) is 0.0588. The van der Waals surface area contributed by atoms with Gasteiger partial charge in [-0.2, -0.15) is 0 Å². The molecule has 1 unspecified atom stereocenters. The van der Waals surface area contributed by atoms with Gasteiger partial charge in [-0.3, -0.25) is 0 Å². The summed E-state index contributed by atoms with van der Waals surface area (Å²) in [6, 6.07) is 12.4. The Hall–Kier alpha value is -2.30. The number of rotatable bonds is 5. The van der Waals surface area contributed by atoms with Crippen LogP contribution in [0.3, 0.4) is 0 Å². The number of benzene rings is 2. The van der Waals surface area contributed by atoms with Crippen LogP contribution in [-0.4, -0.2) is 20.6 Å². The van der Waals surface area contributed by atoms with Crippen molar-refractivity contribution in [3.8, 4) is 11.5 Å². The van der Waals surface area contributed by atoms with Gasteiger partial charge in [0.15, 0.2) is 5.16 Å². The van der Waals surface area contributed by atoms with Crippen LogP contribution in [0.5, 0.6) is 11.5 Å². The lowest BCUT2D eigenvalue weighted by molar-refractivity contribution is 0.0696. The predicted molar refractivity (Wildman–Crippen MR) is 96.6 cm³/mol. The van der Waals surface area contributed by atoms with Crippen LogP contribution in [-0.2, 0) is 7.05 Å². The van der Waals surface area contributed by atoms with Crippen molar-refractivity contribution < 1.29 is 14.6 Å². The molecule has 1 aromatic heterocycles. The smallest absolute Gasteiger partial charge is 0.335 e. The van der Waals surface area contributed by atoms with Crippen LogP contribution in [0.2, 0.25) is 0 Å². The lowest BCUT2D eigenvalue weighted by Crippen LogP contribution is -1.98. The molecule has 1 atom stereocenters. The van der Waals surface area contributed by atoms with Crippen molar-refractivity contribution in [3.63, 3.8) is 0 Å². The highest BCUT2D eigenvalue weighted by Crippen LogP contribution is 2.32. The number of carboxylic acid groups (broad SMARTS) is 1. The van der Waals surface area contributed by atoms with Gasteiger partial charge in [0, 0.05) is 24.3 Å². The summed E-state index contributed by atoms with van der Waals surface area (Å²) in [5, 5.41) is 11.2. The van der Waals surface area contributed by atoms with Crippen molar-refractivity contribution in [1.82, 2.24) is 9.55 Å². The molecule has 3 rings (SSSR count). The molecular weight excluding hydrogens is 343 g/mol. The first-order valence-electron chi connectivity index (χ1n) is 7.08. The topological polar surface area (TPSA) is 64.4 Å². The molecule has 24 heavy (non-hydrogen) atoms. The van der Waals surface area contributed by atoms with Crippen LogP contribution in [0, 0.1) is 0 Å². The van der Waals surface area contributed by atoms with Crippen molar-refractivity contribution in [2.45, 2.75) is 10.1 Å². The maximum Gasteiger partial charge on any atom is 0.335 e. The Bertz CT molecular complexity index is 878. The van der Waals surface area contributed by atoms with Crippen LogP contribution in [0.15, 0.2) is 64.9 Å². The third-order valence-corrected chi connectivity index (χ3v) is 4.66. The number of aromatic nitrogens is 2. The number of aromatic carboxylic acids is 1. The van der Waals surface area contributed by atoms with Crippen LogP contribution in [0.4, 0.5) is 0 Å². The second-order valence-corrected chi connectivity index (χ2v) is 6.80. The number of imidazole rings is 1. The van der Waals surface area contributed by atoms with Gasteiger partial charge in [-0.1, -0.05) is 23.9 Å². The molecule has 0 bridgehead atoms. The minimum Gasteiger partial charge on any atom is -0.478 e. The third-order valence-electron chi connectivity index (χ3n) is 3.23. The number of ether oxygens (including phenoxy) is 1. The molecule has 5 nitrogen and oxygen atoms in total. The molecule has 1 heterocycles. The normalized spacial score (nSPS) is 10.6. The fourth-order valence-corrected chi connectivity index (χ4v) is 3.12. The lowest BCUT2D eigenvalue weighted by Gasteiger charge is -2.09.